The number of aromatic amines is 1. The van der Waals surface area contributed by atoms with Crippen molar-refractivity contribution in [3.8, 4) is 17.0 Å². The van der Waals surface area contributed by atoms with Crippen molar-refractivity contribution in [3.05, 3.63) is 41.3 Å². The predicted octanol–water partition coefficient (Wildman–Crippen LogP) is 3.31. The molecule has 0 spiro atoms. The first-order valence-corrected chi connectivity index (χ1v) is 12.1. The van der Waals surface area contributed by atoms with Gasteiger partial charge in [-0.2, -0.15) is 13.2 Å². The number of halogens is 5. The van der Waals surface area contributed by atoms with Gasteiger partial charge in [-0.3, -0.25) is 9.59 Å². The Morgan fingerprint density at radius 3 is 2.67 bits per heavy atom. The molecule has 1 aromatic carbocycles. The maximum absolute atomic E-state index is 14.5. The summed E-state index contributed by atoms with van der Waals surface area (Å²) in [5, 5.41) is 11.2. The molecule has 39 heavy (non-hydrogen) atoms. The van der Waals surface area contributed by atoms with Crippen molar-refractivity contribution in [2.75, 3.05) is 26.3 Å². The molecule has 1 atom stereocenters. The van der Waals surface area contributed by atoms with Crippen LogP contribution in [0.2, 0.25) is 0 Å². The maximum atomic E-state index is 14.5. The van der Waals surface area contributed by atoms with Gasteiger partial charge in [0.1, 0.15) is 35.9 Å². The minimum Gasteiger partial charge on any atom is -0.493 e. The van der Waals surface area contributed by atoms with Gasteiger partial charge in [0.25, 0.3) is 11.8 Å². The van der Waals surface area contributed by atoms with Gasteiger partial charge >= 0.3 is 6.18 Å². The Morgan fingerprint density at radius 1 is 1.26 bits per heavy atom. The number of nitrogens with one attached hydrogen (secondary N) is 2. The number of rotatable bonds is 7. The highest BCUT2D eigenvalue weighted by Crippen LogP contribution is 2.40. The molecule has 208 valence electrons. The van der Waals surface area contributed by atoms with E-state index in [9.17, 15) is 31.5 Å². The molecule has 1 saturated heterocycles. The number of aryl methyl sites for hydroxylation is 1. The van der Waals surface area contributed by atoms with Crippen molar-refractivity contribution < 1.29 is 41.4 Å². The van der Waals surface area contributed by atoms with Gasteiger partial charge < -0.3 is 25.0 Å². The second-order valence-electron chi connectivity index (χ2n) is 9.75. The summed E-state index contributed by atoms with van der Waals surface area (Å²) in [6.45, 7) is -0.595. The first-order valence-electron chi connectivity index (χ1n) is 12.1. The van der Waals surface area contributed by atoms with Crippen LogP contribution in [0, 0.1) is 12.8 Å². The minimum atomic E-state index is -4.63. The Hall–Kier alpha value is -3.81. The molecule has 1 unspecified atom stereocenters. The number of carbonyl (C=O) groups excluding carboxylic acids is 2. The number of H-pyrrole nitrogens is 1. The van der Waals surface area contributed by atoms with Crippen LogP contribution in [0.25, 0.3) is 22.3 Å². The van der Waals surface area contributed by atoms with Crippen molar-refractivity contribution in [2.24, 2.45) is 5.92 Å². The largest absolute Gasteiger partial charge is 0.493 e. The van der Waals surface area contributed by atoms with Gasteiger partial charge in [-0.05, 0) is 43.9 Å². The molecule has 3 heterocycles. The number of fused-ring (bicyclic) bond motifs is 1. The zero-order valence-electron chi connectivity index (χ0n) is 20.6. The molecule has 1 aliphatic heterocycles. The van der Waals surface area contributed by atoms with E-state index in [0.717, 1.165) is 36.2 Å². The van der Waals surface area contributed by atoms with E-state index in [1.165, 1.54) is 13.0 Å². The minimum absolute atomic E-state index is 0.0187. The molecule has 1 aliphatic carbocycles. The number of alkyl halides is 5. The number of aliphatic hydroxyl groups is 1. The molecule has 0 bridgehead atoms. The third-order valence-corrected chi connectivity index (χ3v) is 6.84. The zero-order chi connectivity index (χ0) is 28.1. The number of aromatic nitrogens is 3. The molecule has 2 amide bonds. The molecule has 0 radical (unpaired) electrons. The monoisotopic (exact) mass is 553 g/mol. The summed E-state index contributed by atoms with van der Waals surface area (Å²) in [6, 6.07) is 1.32. The fraction of sp³-hybridized carbons (Fsp3) is 0.440. The lowest BCUT2D eigenvalue weighted by molar-refractivity contribution is -0.137. The van der Waals surface area contributed by atoms with Crippen molar-refractivity contribution in [1.82, 2.24) is 25.2 Å². The second-order valence-corrected chi connectivity index (χ2v) is 9.75. The lowest BCUT2D eigenvalue weighted by Crippen LogP contribution is -2.46. The molecule has 9 nitrogen and oxygen atoms in total. The van der Waals surface area contributed by atoms with Gasteiger partial charge in [-0.25, -0.2) is 18.7 Å². The highest BCUT2D eigenvalue weighted by Gasteiger charge is 2.50. The third kappa shape index (κ3) is 5.24. The Morgan fingerprint density at radius 2 is 2.00 bits per heavy atom. The number of hydrogen-bond acceptors (Lipinski definition) is 6. The van der Waals surface area contributed by atoms with Gasteiger partial charge in [-0.1, -0.05) is 0 Å². The van der Waals surface area contributed by atoms with Crippen LogP contribution in [0.4, 0.5) is 22.0 Å². The first-order chi connectivity index (χ1) is 18.4. The number of nitrogens with zero attached hydrogens (tertiary/aromatic N) is 3. The summed E-state index contributed by atoms with van der Waals surface area (Å²) in [5.41, 5.74) is -0.562. The van der Waals surface area contributed by atoms with E-state index in [1.54, 1.807) is 0 Å². The molecular weight excluding hydrogens is 529 g/mol. The maximum Gasteiger partial charge on any atom is 0.416 e. The second kappa shape index (κ2) is 9.74. The van der Waals surface area contributed by atoms with Crippen molar-refractivity contribution >= 4 is 22.8 Å². The molecule has 5 rings (SSSR count). The van der Waals surface area contributed by atoms with E-state index >= 15 is 0 Å². The number of likely N-dealkylation sites (tertiary alicyclic amines) is 1. The highest BCUT2D eigenvalue weighted by atomic mass is 19.4. The SMILES string of the molecule is Cc1[nH]c2c(-c3cc(C(F)(F)F)ccc3OCC3CC3)ncnc2c1C(=O)NC1CN(C(=O)CO)CC1(F)F. The number of aliphatic hydroxyl groups excluding tert-OH is 1. The molecule has 2 fully saturated rings. The molecule has 1 saturated carbocycles. The average Bonchev–Trinajstić information content (AvgIpc) is 3.57. The van der Waals surface area contributed by atoms with Crippen molar-refractivity contribution in [3.63, 3.8) is 0 Å². The van der Waals surface area contributed by atoms with Crippen LogP contribution < -0.4 is 10.1 Å². The zero-order valence-corrected chi connectivity index (χ0v) is 20.6. The summed E-state index contributed by atoms with van der Waals surface area (Å²) in [4.78, 5) is 36.8. The van der Waals surface area contributed by atoms with Crippen LogP contribution in [-0.2, 0) is 11.0 Å². The van der Waals surface area contributed by atoms with E-state index in [1.807, 2.05) is 0 Å². The van der Waals surface area contributed by atoms with E-state index in [2.05, 4.69) is 20.3 Å². The molecule has 2 aliphatic rings. The van der Waals surface area contributed by atoms with Gasteiger partial charge in [-0.15, -0.1) is 0 Å². The summed E-state index contributed by atoms with van der Waals surface area (Å²) >= 11 is 0. The van der Waals surface area contributed by atoms with Crippen molar-refractivity contribution in [2.45, 2.75) is 37.9 Å². The molecule has 14 heteroatoms. The Kier molecular flexibility index (Phi) is 6.69. The van der Waals surface area contributed by atoms with Crippen LogP contribution in [0.3, 0.4) is 0 Å². The number of amides is 2. The summed E-state index contributed by atoms with van der Waals surface area (Å²) in [6.07, 6.45) is -1.63. The first kappa shape index (κ1) is 26.8. The van der Waals surface area contributed by atoms with Crippen LogP contribution in [0.1, 0.15) is 34.5 Å². The van der Waals surface area contributed by atoms with E-state index < -0.39 is 55.2 Å². The smallest absolute Gasteiger partial charge is 0.416 e. The fourth-order valence-corrected chi connectivity index (χ4v) is 4.57. The summed E-state index contributed by atoms with van der Waals surface area (Å²) in [5.74, 6) is -4.77. The van der Waals surface area contributed by atoms with Gasteiger partial charge in [0, 0.05) is 17.8 Å². The van der Waals surface area contributed by atoms with Crippen molar-refractivity contribution in [1.29, 1.82) is 0 Å². The number of hydrogen-bond donors (Lipinski definition) is 3. The number of benzene rings is 1. The van der Waals surface area contributed by atoms with Gasteiger partial charge in [0.05, 0.1) is 29.8 Å². The van der Waals surface area contributed by atoms with Gasteiger partial charge in [0.15, 0.2) is 0 Å². The standard InChI is InChI=1S/C25H24F5N5O4/c1-12-19(23(38)34-17-7-35(18(37)8-36)10-24(17,26)27)21-22(33-12)20(31-11-32-21)15-6-14(25(28,29)30)4-5-16(15)39-9-13-2-3-13/h4-6,11,13,17,33,36H,2-3,7-10H2,1H3,(H,34,38). The molecule has 3 N–H and O–H groups in total. The van der Waals surface area contributed by atoms with Crippen LogP contribution in [0.15, 0.2) is 24.5 Å². The molecule has 3 aromatic rings. The Balaban J connectivity index is 1.51. The Bertz CT molecular complexity index is 1440. The van der Waals surface area contributed by atoms with Crippen LogP contribution in [-0.4, -0.2) is 75.0 Å². The average molecular weight is 553 g/mol. The number of ether oxygens (including phenoxy) is 1. The van der Waals surface area contributed by atoms with E-state index in [0.29, 0.717) is 12.5 Å². The predicted molar refractivity (Wildman–Crippen MR) is 127 cm³/mol. The topological polar surface area (TPSA) is 120 Å². The lowest BCUT2D eigenvalue weighted by Gasteiger charge is -2.18. The van der Waals surface area contributed by atoms with E-state index in [-0.39, 0.29) is 39.3 Å². The van der Waals surface area contributed by atoms with Crippen LogP contribution >= 0.6 is 0 Å². The van der Waals surface area contributed by atoms with Gasteiger partial charge in [0.2, 0.25) is 5.91 Å². The molecular formula is C25H24F5N5O4. The highest BCUT2D eigenvalue weighted by molar-refractivity contribution is 6.09. The lowest BCUT2D eigenvalue weighted by atomic mass is 10.0. The summed E-state index contributed by atoms with van der Waals surface area (Å²) < 4.78 is 75.5. The summed E-state index contributed by atoms with van der Waals surface area (Å²) in [7, 11) is 0. The fourth-order valence-electron chi connectivity index (χ4n) is 4.57. The number of carbonyl (C=O) groups is 2. The van der Waals surface area contributed by atoms with E-state index in [4.69, 9.17) is 9.84 Å². The normalized spacial score (nSPS) is 18.9. The Labute approximate surface area is 218 Å². The van der Waals surface area contributed by atoms with Crippen LogP contribution in [0.5, 0.6) is 5.75 Å². The quantitative estimate of drug-likeness (QED) is 0.386. The molecule has 2 aromatic heterocycles. The third-order valence-electron chi connectivity index (χ3n) is 6.84.